The van der Waals surface area contributed by atoms with Crippen molar-refractivity contribution in [3.63, 3.8) is 0 Å². The Kier molecular flexibility index (Phi) is 6.63. The van der Waals surface area contributed by atoms with Crippen LogP contribution in [0, 0.1) is 0 Å². The number of ether oxygens (including phenoxy) is 1. The van der Waals surface area contributed by atoms with E-state index >= 15 is 0 Å². The second-order valence-electron chi connectivity index (χ2n) is 7.96. The second kappa shape index (κ2) is 9.77. The highest BCUT2D eigenvalue weighted by molar-refractivity contribution is 5.87. The molecule has 0 radical (unpaired) electrons. The number of allylic oxidation sites excluding steroid dienone is 1. The van der Waals surface area contributed by atoms with Gasteiger partial charge in [0, 0.05) is 17.8 Å². The van der Waals surface area contributed by atoms with E-state index in [0.717, 1.165) is 30.5 Å². The van der Waals surface area contributed by atoms with Crippen LogP contribution in [0.2, 0.25) is 0 Å². The lowest BCUT2D eigenvalue weighted by Gasteiger charge is -2.35. The average Bonchev–Trinajstić information content (AvgIpc) is 3.31. The van der Waals surface area contributed by atoms with Gasteiger partial charge in [-0.15, -0.1) is 0 Å². The zero-order valence-corrected chi connectivity index (χ0v) is 19.0. The van der Waals surface area contributed by atoms with Crippen molar-refractivity contribution >= 4 is 11.6 Å². The SMILES string of the molecule is CCCCCN1C(=O)NC(c2ccc(OC)c(O)c2)C(c2nc(-c3ccccc3)no2)=C1C. The normalized spacial score (nSPS) is 16.2. The lowest BCUT2D eigenvalue weighted by Crippen LogP contribution is -2.46. The summed E-state index contributed by atoms with van der Waals surface area (Å²) in [7, 11) is 1.49. The van der Waals surface area contributed by atoms with Gasteiger partial charge >= 0.3 is 6.03 Å². The van der Waals surface area contributed by atoms with Gasteiger partial charge in [0.1, 0.15) is 0 Å². The summed E-state index contributed by atoms with van der Waals surface area (Å²) in [6.07, 6.45) is 2.98. The lowest BCUT2D eigenvalue weighted by atomic mass is 9.94. The number of amides is 2. The van der Waals surface area contributed by atoms with Crippen molar-refractivity contribution < 1.29 is 19.2 Å². The highest BCUT2D eigenvalue weighted by Gasteiger charge is 2.35. The Morgan fingerprint density at radius 2 is 1.97 bits per heavy atom. The van der Waals surface area contributed by atoms with E-state index in [9.17, 15) is 9.90 Å². The fraction of sp³-hybridized carbons (Fsp3) is 0.320. The lowest BCUT2D eigenvalue weighted by molar-refractivity contribution is 0.204. The molecule has 1 aliphatic rings. The number of nitrogens with zero attached hydrogens (tertiary/aromatic N) is 3. The number of unbranched alkanes of at least 4 members (excludes halogenated alkanes) is 2. The highest BCUT2D eigenvalue weighted by Crippen LogP contribution is 2.39. The molecule has 1 aromatic heterocycles. The summed E-state index contributed by atoms with van der Waals surface area (Å²) in [6, 6.07) is 13.9. The molecule has 0 aliphatic carbocycles. The van der Waals surface area contributed by atoms with E-state index in [4.69, 9.17) is 9.26 Å². The van der Waals surface area contributed by atoms with Gasteiger partial charge in [0.05, 0.1) is 18.7 Å². The van der Waals surface area contributed by atoms with Gasteiger partial charge in [-0.2, -0.15) is 4.98 Å². The number of methoxy groups -OCH3 is 1. The van der Waals surface area contributed by atoms with Crippen molar-refractivity contribution in [2.24, 2.45) is 0 Å². The molecule has 1 atom stereocenters. The molecular weight excluding hydrogens is 420 g/mol. The van der Waals surface area contributed by atoms with Crippen LogP contribution in [-0.2, 0) is 0 Å². The Balaban J connectivity index is 1.78. The number of carbonyl (C=O) groups is 1. The van der Waals surface area contributed by atoms with Crippen molar-refractivity contribution in [1.82, 2.24) is 20.4 Å². The summed E-state index contributed by atoms with van der Waals surface area (Å²) in [5.74, 6) is 1.14. The minimum atomic E-state index is -0.569. The summed E-state index contributed by atoms with van der Waals surface area (Å²) in [6.45, 7) is 4.61. The van der Waals surface area contributed by atoms with Crippen LogP contribution in [0.5, 0.6) is 11.5 Å². The second-order valence-corrected chi connectivity index (χ2v) is 7.96. The smallest absolute Gasteiger partial charge is 0.322 e. The zero-order valence-electron chi connectivity index (χ0n) is 19.0. The summed E-state index contributed by atoms with van der Waals surface area (Å²) in [4.78, 5) is 19.4. The molecule has 0 saturated heterocycles. The van der Waals surface area contributed by atoms with E-state index in [-0.39, 0.29) is 11.8 Å². The quantitative estimate of drug-likeness (QED) is 0.463. The van der Waals surface area contributed by atoms with Gasteiger partial charge in [-0.05, 0) is 31.0 Å². The van der Waals surface area contributed by atoms with Crippen molar-refractivity contribution in [3.8, 4) is 22.9 Å². The number of phenols is 1. The number of benzene rings is 2. The maximum absolute atomic E-state index is 13.0. The van der Waals surface area contributed by atoms with E-state index in [0.29, 0.717) is 35.1 Å². The monoisotopic (exact) mass is 448 g/mol. The van der Waals surface area contributed by atoms with Crippen molar-refractivity contribution in [1.29, 1.82) is 0 Å². The predicted octanol–water partition coefficient (Wildman–Crippen LogP) is 5.14. The van der Waals surface area contributed by atoms with Gasteiger partial charge in [-0.3, -0.25) is 4.90 Å². The van der Waals surface area contributed by atoms with E-state index in [1.807, 2.05) is 37.3 Å². The Morgan fingerprint density at radius 1 is 1.18 bits per heavy atom. The number of aromatic hydroxyl groups is 1. The molecule has 2 amide bonds. The molecule has 8 nitrogen and oxygen atoms in total. The summed E-state index contributed by atoms with van der Waals surface area (Å²) < 4.78 is 10.8. The minimum absolute atomic E-state index is 0.0119. The van der Waals surface area contributed by atoms with Crippen LogP contribution in [-0.4, -0.2) is 39.8 Å². The van der Waals surface area contributed by atoms with E-state index in [2.05, 4.69) is 22.4 Å². The molecule has 4 rings (SSSR count). The Bertz CT molecular complexity index is 1160. The molecular formula is C25H28N4O4. The number of hydrogen-bond donors (Lipinski definition) is 2. The maximum atomic E-state index is 13.0. The number of carbonyl (C=O) groups excluding carboxylic acids is 1. The van der Waals surface area contributed by atoms with E-state index in [1.54, 1.807) is 23.1 Å². The van der Waals surface area contributed by atoms with E-state index < -0.39 is 6.04 Å². The first-order valence-electron chi connectivity index (χ1n) is 11.1. The molecule has 2 aromatic carbocycles. The highest BCUT2D eigenvalue weighted by atomic mass is 16.5. The summed E-state index contributed by atoms with van der Waals surface area (Å²) in [5.41, 5.74) is 2.97. The Hall–Kier alpha value is -3.81. The standard InChI is InChI=1S/C25H28N4O4/c1-4-5-9-14-29-16(2)21(24-27-23(28-33-24)17-10-7-6-8-11-17)22(26-25(29)31)18-12-13-20(32-3)19(30)15-18/h6-8,10-13,15,22,30H,4-5,9,14H2,1-3H3,(H,26,31). The number of phenolic OH excluding ortho intramolecular Hbond substituents is 1. The molecule has 3 aromatic rings. The number of rotatable bonds is 8. The molecule has 8 heteroatoms. The first-order chi connectivity index (χ1) is 16.0. The zero-order chi connectivity index (χ0) is 23.4. The third-order valence-electron chi connectivity index (χ3n) is 5.81. The minimum Gasteiger partial charge on any atom is -0.504 e. The van der Waals surface area contributed by atoms with Crippen molar-refractivity contribution in [3.05, 3.63) is 65.7 Å². The van der Waals surface area contributed by atoms with Crippen LogP contribution in [0.4, 0.5) is 4.79 Å². The van der Waals surface area contributed by atoms with Crippen LogP contribution in [0.1, 0.15) is 50.6 Å². The molecule has 2 heterocycles. The molecule has 33 heavy (non-hydrogen) atoms. The van der Waals surface area contributed by atoms with Gasteiger partial charge in [0.2, 0.25) is 5.82 Å². The number of urea groups is 1. The van der Waals surface area contributed by atoms with Gasteiger partial charge in [0.25, 0.3) is 5.89 Å². The van der Waals surface area contributed by atoms with Crippen molar-refractivity contribution in [2.75, 3.05) is 13.7 Å². The summed E-state index contributed by atoms with van der Waals surface area (Å²) >= 11 is 0. The molecule has 1 unspecified atom stereocenters. The molecule has 172 valence electrons. The van der Waals surface area contributed by atoms with Gasteiger partial charge in [-0.1, -0.05) is 61.3 Å². The number of nitrogens with one attached hydrogen (secondary N) is 1. The first kappa shape index (κ1) is 22.4. The van der Waals surface area contributed by atoms with Gasteiger partial charge in [0.15, 0.2) is 11.5 Å². The average molecular weight is 449 g/mol. The third kappa shape index (κ3) is 4.55. The topological polar surface area (TPSA) is 101 Å². The van der Waals surface area contributed by atoms with Crippen molar-refractivity contribution in [2.45, 2.75) is 39.2 Å². The molecule has 0 spiro atoms. The van der Waals surface area contributed by atoms with Gasteiger partial charge in [-0.25, -0.2) is 4.79 Å². The van der Waals surface area contributed by atoms with Crippen LogP contribution in [0.15, 0.2) is 58.8 Å². The molecule has 0 saturated carbocycles. The fourth-order valence-corrected chi connectivity index (χ4v) is 4.02. The summed E-state index contributed by atoms with van der Waals surface area (Å²) in [5, 5.41) is 17.6. The molecule has 0 fully saturated rings. The number of hydrogen-bond acceptors (Lipinski definition) is 6. The Labute approximate surface area is 192 Å². The predicted molar refractivity (Wildman–Crippen MR) is 124 cm³/mol. The van der Waals surface area contributed by atoms with E-state index in [1.165, 1.54) is 7.11 Å². The van der Waals surface area contributed by atoms with Crippen LogP contribution in [0.3, 0.4) is 0 Å². The van der Waals surface area contributed by atoms with Gasteiger partial charge < -0.3 is 19.7 Å². The fourth-order valence-electron chi connectivity index (χ4n) is 4.02. The molecule has 1 aliphatic heterocycles. The molecule has 2 N–H and O–H groups in total. The molecule has 0 bridgehead atoms. The number of aromatic nitrogens is 2. The van der Waals surface area contributed by atoms with Crippen LogP contribution in [0.25, 0.3) is 17.0 Å². The van der Waals surface area contributed by atoms with Crippen LogP contribution >= 0.6 is 0 Å². The Morgan fingerprint density at radius 3 is 2.67 bits per heavy atom. The maximum Gasteiger partial charge on any atom is 0.322 e. The largest absolute Gasteiger partial charge is 0.504 e. The van der Waals surface area contributed by atoms with Crippen LogP contribution < -0.4 is 10.1 Å². The first-order valence-corrected chi connectivity index (χ1v) is 11.1. The third-order valence-corrected chi connectivity index (χ3v) is 5.81.